The van der Waals surface area contributed by atoms with E-state index in [1.165, 1.54) is 22.5 Å². The first-order valence-electron chi connectivity index (χ1n) is 9.30. The molecule has 0 saturated carbocycles. The van der Waals surface area contributed by atoms with E-state index in [4.69, 9.17) is 9.47 Å². The van der Waals surface area contributed by atoms with E-state index >= 15 is 0 Å². The number of hydrogen-bond acceptors (Lipinski definition) is 5. The van der Waals surface area contributed by atoms with E-state index in [0.717, 1.165) is 15.9 Å². The molecule has 5 rings (SSSR count). The van der Waals surface area contributed by atoms with Crippen LogP contribution in [0.2, 0.25) is 0 Å². The number of carbonyl (C=O) groups is 1. The van der Waals surface area contributed by atoms with Gasteiger partial charge in [-0.25, -0.2) is 0 Å². The van der Waals surface area contributed by atoms with Gasteiger partial charge < -0.3 is 14.8 Å². The zero-order valence-electron chi connectivity index (χ0n) is 16.1. The molecule has 3 heterocycles. The number of anilines is 1. The minimum Gasteiger partial charge on any atom is -0.454 e. The molecule has 0 bridgehead atoms. The average molecular weight is 405 g/mol. The van der Waals surface area contributed by atoms with Crippen molar-refractivity contribution in [1.82, 2.24) is 9.78 Å². The van der Waals surface area contributed by atoms with Crippen LogP contribution in [0.25, 0.3) is 10.2 Å². The predicted octanol–water partition coefficient (Wildman–Crippen LogP) is 4.74. The fraction of sp³-hybridized carbons (Fsp3) is 0.182. The fourth-order valence-electron chi connectivity index (χ4n) is 3.37. The van der Waals surface area contributed by atoms with E-state index in [9.17, 15) is 4.79 Å². The van der Waals surface area contributed by atoms with Crippen LogP contribution in [0.4, 0.5) is 5.69 Å². The van der Waals surface area contributed by atoms with Gasteiger partial charge in [-0.05, 0) is 37.6 Å². The van der Waals surface area contributed by atoms with Crippen LogP contribution in [-0.4, -0.2) is 22.5 Å². The Labute approximate surface area is 171 Å². The number of nitrogens with one attached hydrogen (secondary N) is 1. The van der Waals surface area contributed by atoms with Gasteiger partial charge in [0.15, 0.2) is 11.5 Å². The summed E-state index contributed by atoms with van der Waals surface area (Å²) in [4.78, 5) is 14.4. The van der Waals surface area contributed by atoms with E-state index in [2.05, 4.69) is 41.6 Å². The second-order valence-corrected chi connectivity index (χ2v) is 8.11. The highest BCUT2D eigenvalue weighted by Gasteiger charge is 2.18. The summed E-state index contributed by atoms with van der Waals surface area (Å²) in [6.07, 6.45) is 0. The number of benzene rings is 2. The molecule has 0 aliphatic carbocycles. The van der Waals surface area contributed by atoms with Gasteiger partial charge in [0.1, 0.15) is 4.83 Å². The Morgan fingerprint density at radius 2 is 1.90 bits per heavy atom. The van der Waals surface area contributed by atoms with Crippen molar-refractivity contribution in [3.8, 4) is 11.5 Å². The van der Waals surface area contributed by atoms with Gasteiger partial charge in [-0.2, -0.15) is 5.10 Å². The Hall–Kier alpha value is -3.32. The standard InChI is InChI=1S/C22H19N3O3S/c1-13-3-5-15(6-4-13)11-25-22-17(14(2)24-25)10-20(29-22)21(26)23-16-7-8-18-19(9-16)28-12-27-18/h3-10H,11-12H2,1-2H3,(H,23,26). The van der Waals surface area contributed by atoms with Crippen molar-refractivity contribution in [2.24, 2.45) is 0 Å². The summed E-state index contributed by atoms with van der Waals surface area (Å²) >= 11 is 1.45. The van der Waals surface area contributed by atoms with Crippen molar-refractivity contribution in [3.05, 3.63) is 70.2 Å². The molecule has 1 aliphatic heterocycles. The third-order valence-electron chi connectivity index (χ3n) is 4.91. The lowest BCUT2D eigenvalue weighted by atomic mass is 10.1. The topological polar surface area (TPSA) is 65.4 Å². The van der Waals surface area contributed by atoms with Gasteiger partial charge in [0.05, 0.1) is 17.1 Å². The van der Waals surface area contributed by atoms with E-state index < -0.39 is 0 Å². The summed E-state index contributed by atoms with van der Waals surface area (Å²) in [5.41, 5.74) is 4.01. The molecule has 0 radical (unpaired) electrons. The minimum absolute atomic E-state index is 0.147. The molecule has 1 amide bonds. The molecule has 2 aromatic carbocycles. The first-order chi connectivity index (χ1) is 14.1. The van der Waals surface area contributed by atoms with E-state index in [-0.39, 0.29) is 12.7 Å². The summed E-state index contributed by atoms with van der Waals surface area (Å²) in [5, 5.41) is 8.61. The highest BCUT2D eigenvalue weighted by Crippen LogP contribution is 2.35. The van der Waals surface area contributed by atoms with Crippen molar-refractivity contribution in [2.45, 2.75) is 20.4 Å². The number of hydrogen-bond donors (Lipinski definition) is 1. The number of fused-ring (bicyclic) bond motifs is 2. The Morgan fingerprint density at radius 3 is 2.72 bits per heavy atom. The molecule has 146 valence electrons. The van der Waals surface area contributed by atoms with Gasteiger partial charge in [0.2, 0.25) is 6.79 Å². The van der Waals surface area contributed by atoms with Crippen LogP contribution < -0.4 is 14.8 Å². The summed E-state index contributed by atoms with van der Waals surface area (Å²) < 4.78 is 12.7. The van der Waals surface area contributed by atoms with Crippen molar-refractivity contribution in [3.63, 3.8) is 0 Å². The zero-order valence-corrected chi connectivity index (χ0v) is 16.9. The fourth-order valence-corrected chi connectivity index (χ4v) is 4.42. The molecule has 0 saturated heterocycles. The molecular weight excluding hydrogens is 386 g/mol. The maximum atomic E-state index is 12.8. The predicted molar refractivity (Wildman–Crippen MR) is 113 cm³/mol. The first kappa shape index (κ1) is 17.8. The van der Waals surface area contributed by atoms with Crippen LogP contribution in [0.15, 0.2) is 48.5 Å². The molecule has 0 fully saturated rings. The van der Waals surface area contributed by atoms with Gasteiger partial charge in [0.25, 0.3) is 5.91 Å². The number of rotatable bonds is 4. The summed E-state index contributed by atoms with van der Waals surface area (Å²) in [6, 6.07) is 15.7. The van der Waals surface area contributed by atoms with Crippen LogP contribution in [0, 0.1) is 13.8 Å². The van der Waals surface area contributed by atoms with Crippen LogP contribution in [0.3, 0.4) is 0 Å². The second kappa shape index (κ2) is 6.93. The van der Waals surface area contributed by atoms with Crippen molar-refractivity contribution >= 4 is 33.1 Å². The summed E-state index contributed by atoms with van der Waals surface area (Å²) in [6.45, 7) is 4.93. The van der Waals surface area contributed by atoms with Gasteiger partial charge in [0, 0.05) is 17.1 Å². The monoisotopic (exact) mass is 405 g/mol. The zero-order chi connectivity index (χ0) is 20.0. The van der Waals surface area contributed by atoms with Crippen molar-refractivity contribution in [2.75, 3.05) is 12.1 Å². The van der Waals surface area contributed by atoms with Crippen molar-refractivity contribution in [1.29, 1.82) is 0 Å². The number of aromatic nitrogens is 2. The third-order valence-corrected chi connectivity index (χ3v) is 6.06. The summed E-state index contributed by atoms with van der Waals surface area (Å²) in [5.74, 6) is 1.19. The lowest BCUT2D eigenvalue weighted by Crippen LogP contribution is -2.10. The van der Waals surface area contributed by atoms with Crippen LogP contribution >= 0.6 is 11.3 Å². The quantitative estimate of drug-likeness (QED) is 0.532. The molecule has 0 atom stereocenters. The molecule has 6 nitrogen and oxygen atoms in total. The van der Waals surface area contributed by atoms with E-state index in [1.54, 1.807) is 12.1 Å². The maximum absolute atomic E-state index is 12.8. The van der Waals surface area contributed by atoms with Gasteiger partial charge in [-0.3, -0.25) is 9.48 Å². The number of ether oxygens (including phenoxy) is 2. The highest BCUT2D eigenvalue weighted by atomic mass is 32.1. The molecule has 0 unspecified atom stereocenters. The largest absolute Gasteiger partial charge is 0.454 e. The highest BCUT2D eigenvalue weighted by molar-refractivity contribution is 7.20. The second-order valence-electron chi connectivity index (χ2n) is 7.08. The van der Waals surface area contributed by atoms with Crippen LogP contribution in [0.5, 0.6) is 11.5 Å². The molecular formula is C22H19N3O3S. The number of nitrogens with zero attached hydrogens (tertiary/aromatic N) is 2. The first-order valence-corrected chi connectivity index (χ1v) is 10.1. The normalized spacial score (nSPS) is 12.5. The molecule has 29 heavy (non-hydrogen) atoms. The Kier molecular flexibility index (Phi) is 4.24. The van der Waals surface area contributed by atoms with Crippen molar-refractivity contribution < 1.29 is 14.3 Å². The number of thiophene rings is 1. The SMILES string of the molecule is Cc1ccc(Cn2nc(C)c3cc(C(=O)Nc4ccc5c(c4)OCO5)sc32)cc1. The molecule has 2 aromatic heterocycles. The molecule has 1 N–H and O–H groups in total. The van der Waals surface area contributed by atoms with Gasteiger partial charge >= 0.3 is 0 Å². The number of aryl methyl sites for hydroxylation is 2. The lowest BCUT2D eigenvalue weighted by Gasteiger charge is -2.05. The molecule has 7 heteroatoms. The molecule has 1 aliphatic rings. The molecule has 4 aromatic rings. The van der Waals surface area contributed by atoms with Crippen LogP contribution in [0.1, 0.15) is 26.5 Å². The van der Waals surface area contributed by atoms with Gasteiger partial charge in [-0.1, -0.05) is 29.8 Å². The Morgan fingerprint density at radius 1 is 1.10 bits per heavy atom. The summed E-state index contributed by atoms with van der Waals surface area (Å²) in [7, 11) is 0. The molecule has 0 spiro atoms. The smallest absolute Gasteiger partial charge is 0.265 e. The van der Waals surface area contributed by atoms with E-state index in [1.807, 2.05) is 23.7 Å². The maximum Gasteiger partial charge on any atom is 0.265 e. The number of amides is 1. The Balaban J connectivity index is 1.40. The van der Waals surface area contributed by atoms with Gasteiger partial charge in [-0.15, -0.1) is 11.3 Å². The third kappa shape index (κ3) is 3.34. The lowest BCUT2D eigenvalue weighted by molar-refractivity contribution is 0.103. The average Bonchev–Trinajstić information content (AvgIpc) is 3.41. The van der Waals surface area contributed by atoms with Crippen LogP contribution in [-0.2, 0) is 6.54 Å². The Bertz CT molecular complexity index is 1220. The minimum atomic E-state index is -0.147. The van der Waals surface area contributed by atoms with E-state index in [0.29, 0.717) is 28.6 Å². The number of carbonyl (C=O) groups excluding carboxylic acids is 1.